The predicted octanol–water partition coefficient (Wildman–Crippen LogP) is 4.50. The summed E-state index contributed by atoms with van der Waals surface area (Å²) in [6.45, 7) is 6.89. The number of allylic oxidation sites excluding steroid dienone is 2. The minimum atomic E-state index is 0.498. The average Bonchev–Trinajstić information content (AvgIpc) is 1.99. The van der Waals surface area contributed by atoms with Gasteiger partial charge in [-0.25, -0.2) is 0 Å². The van der Waals surface area contributed by atoms with Gasteiger partial charge in [-0.1, -0.05) is 77.1 Å². The molecule has 70 valence electrons. The lowest BCUT2D eigenvalue weighted by molar-refractivity contribution is 0.577. The Morgan fingerprint density at radius 1 is 1.42 bits per heavy atom. The Balaban J connectivity index is 2.84. The lowest BCUT2D eigenvalue weighted by atomic mass is 9.73. The van der Waals surface area contributed by atoms with Crippen LogP contribution in [0.5, 0.6) is 0 Å². The van der Waals surface area contributed by atoms with Crippen LogP contribution in [0.1, 0.15) is 40.0 Å². The quantitative estimate of drug-likeness (QED) is 0.378. The minimum Gasteiger partial charge on any atom is -0.0811 e. The summed E-state index contributed by atoms with van der Waals surface area (Å²) in [7, 11) is 0. The Hall–Kier alpha value is 1.20. The minimum absolute atomic E-state index is 0.498. The van der Waals surface area contributed by atoms with Gasteiger partial charge in [0.25, 0.3) is 0 Å². The molecule has 0 saturated carbocycles. The molecular formula is C10H16I2. The molecule has 0 saturated heterocycles. The van der Waals surface area contributed by atoms with Crippen LogP contribution in [0.4, 0.5) is 0 Å². The van der Waals surface area contributed by atoms with E-state index in [1.54, 1.807) is 11.1 Å². The topological polar surface area (TPSA) is 0 Å². The van der Waals surface area contributed by atoms with Gasteiger partial charge in [0.15, 0.2) is 0 Å². The monoisotopic (exact) mass is 390 g/mol. The van der Waals surface area contributed by atoms with Crippen LogP contribution in [-0.4, -0.2) is 7.35 Å². The van der Waals surface area contributed by atoms with Gasteiger partial charge in [0.1, 0.15) is 0 Å². The van der Waals surface area contributed by atoms with Gasteiger partial charge in [-0.3, -0.25) is 0 Å². The summed E-state index contributed by atoms with van der Waals surface area (Å²) < 4.78 is 1.26. The Morgan fingerprint density at radius 2 is 2.00 bits per heavy atom. The van der Waals surface area contributed by atoms with Crippen molar-refractivity contribution in [2.75, 3.05) is 0 Å². The van der Waals surface area contributed by atoms with Crippen molar-refractivity contribution in [3.8, 4) is 0 Å². The Kier molecular flexibility index (Phi) is 3.90. The molecule has 0 N–H and O–H groups in total. The average molecular weight is 390 g/mol. The highest BCUT2D eigenvalue weighted by Crippen LogP contribution is 2.52. The molecule has 0 heterocycles. The van der Waals surface area contributed by atoms with Crippen LogP contribution in [0, 0.1) is 0 Å². The Morgan fingerprint density at radius 3 is 2.33 bits per heavy atom. The van der Waals surface area contributed by atoms with E-state index in [0.29, 0.717) is 3.42 Å². The van der Waals surface area contributed by atoms with Gasteiger partial charge in [-0.15, -0.1) is 0 Å². The number of alkyl halides is 2. The molecule has 2 unspecified atom stereocenters. The second-order valence-electron chi connectivity index (χ2n) is 3.44. The summed E-state index contributed by atoms with van der Waals surface area (Å²) in [5.41, 5.74) is 3.45. The third-order valence-electron chi connectivity index (χ3n) is 2.81. The first kappa shape index (κ1) is 11.3. The molecule has 2 heteroatoms. The van der Waals surface area contributed by atoms with E-state index >= 15 is 0 Å². The SMILES string of the molecule is CCC1=C(CC)C(I)(C(C)I)C1. The first-order chi connectivity index (χ1) is 5.56. The molecular weight excluding hydrogens is 374 g/mol. The molecule has 12 heavy (non-hydrogen) atoms. The summed E-state index contributed by atoms with van der Waals surface area (Å²) in [6.07, 6.45) is 3.84. The van der Waals surface area contributed by atoms with E-state index in [1.807, 2.05) is 0 Å². The zero-order chi connectivity index (χ0) is 9.35. The van der Waals surface area contributed by atoms with Crippen LogP contribution in [0.15, 0.2) is 11.1 Å². The van der Waals surface area contributed by atoms with Crippen molar-refractivity contribution in [2.24, 2.45) is 0 Å². The first-order valence-corrected chi connectivity index (χ1v) is 6.93. The fourth-order valence-electron chi connectivity index (χ4n) is 1.97. The molecule has 1 aliphatic carbocycles. The van der Waals surface area contributed by atoms with Gasteiger partial charge in [0.2, 0.25) is 0 Å². The van der Waals surface area contributed by atoms with E-state index in [9.17, 15) is 0 Å². The van der Waals surface area contributed by atoms with Crippen molar-refractivity contribution < 1.29 is 0 Å². The smallest absolute Gasteiger partial charge is 0.0584 e. The van der Waals surface area contributed by atoms with Crippen molar-refractivity contribution in [2.45, 2.75) is 47.4 Å². The van der Waals surface area contributed by atoms with Gasteiger partial charge in [-0.2, -0.15) is 0 Å². The standard InChI is InChI=1S/C10H16I2/c1-4-8-6-10(12,7(3)11)9(8)5-2/h7H,4-6H2,1-3H3. The molecule has 2 atom stereocenters. The van der Waals surface area contributed by atoms with E-state index in [2.05, 4.69) is 66.0 Å². The second kappa shape index (κ2) is 4.15. The van der Waals surface area contributed by atoms with Crippen molar-refractivity contribution in [1.29, 1.82) is 0 Å². The van der Waals surface area contributed by atoms with Gasteiger partial charge >= 0.3 is 0 Å². The number of hydrogen-bond donors (Lipinski definition) is 0. The summed E-state index contributed by atoms with van der Waals surface area (Å²) in [4.78, 5) is 0. The highest BCUT2D eigenvalue weighted by atomic mass is 127. The first-order valence-electron chi connectivity index (χ1n) is 4.60. The molecule has 0 spiro atoms. The van der Waals surface area contributed by atoms with Crippen LogP contribution in [-0.2, 0) is 0 Å². The molecule has 0 amide bonds. The summed E-state index contributed by atoms with van der Waals surface area (Å²) in [5, 5.41) is 0. The van der Waals surface area contributed by atoms with Gasteiger partial charge in [-0.05, 0) is 19.3 Å². The van der Waals surface area contributed by atoms with Gasteiger partial charge in [0.05, 0.1) is 3.42 Å². The molecule has 0 aromatic carbocycles. The van der Waals surface area contributed by atoms with Crippen molar-refractivity contribution in [3.05, 3.63) is 11.1 Å². The van der Waals surface area contributed by atoms with E-state index in [4.69, 9.17) is 0 Å². The van der Waals surface area contributed by atoms with Crippen molar-refractivity contribution in [1.82, 2.24) is 0 Å². The van der Waals surface area contributed by atoms with Crippen LogP contribution >= 0.6 is 45.2 Å². The van der Waals surface area contributed by atoms with Crippen LogP contribution in [0.3, 0.4) is 0 Å². The zero-order valence-electron chi connectivity index (χ0n) is 7.95. The highest BCUT2D eigenvalue weighted by Gasteiger charge is 2.43. The van der Waals surface area contributed by atoms with E-state index < -0.39 is 0 Å². The molecule has 0 aromatic rings. The van der Waals surface area contributed by atoms with Gasteiger partial charge < -0.3 is 0 Å². The van der Waals surface area contributed by atoms with Crippen molar-refractivity contribution >= 4 is 45.2 Å². The maximum absolute atomic E-state index is 2.65. The fraction of sp³-hybridized carbons (Fsp3) is 0.800. The number of rotatable bonds is 3. The van der Waals surface area contributed by atoms with Crippen LogP contribution in [0.2, 0.25) is 0 Å². The molecule has 1 aliphatic rings. The third kappa shape index (κ3) is 1.70. The Labute approximate surface area is 103 Å². The number of hydrogen-bond acceptors (Lipinski definition) is 0. The lowest BCUT2D eigenvalue weighted by Crippen LogP contribution is -2.40. The lowest BCUT2D eigenvalue weighted by Gasteiger charge is -2.44. The van der Waals surface area contributed by atoms with Crippen LogP contribution < -0.4 is 0 Å². The van der Waals surface area contributed by atoms with E-state index in [0.717, 1.165) is 3.92 Å². The largest absolute Gasteiger partial charge is 0.0811 e. The second-order valence-corrected chi connectivity index (χ2v) is 7.24. The molecule has 0 radical (unpaired) electrons. The zero-order valence-corrected chi connectivity index (χ0v) is 12.3. The summed E-state index contributed by atoms with van der Waals surface area (Å²) in [6, 6.07) is 0. The third-order valence-corrected chi connectivity index (χ3v) is 7.03. The maximum atomic E-state index is 2.65. The van der Waals surface area contributed by atoms with Crippen LogP contribution in [0.25, 0.3) is 0 Å². The molecule has 0 aromatic heterocycles. The summed E-state index contributed by atoms with van der Waals surface area (Å²) in [5.74, 6) is 0. The predicted molar refractivity (Wildman–Crippen MR) is 72.5 cm³/mol. The van der Waals surface area contributed by atoms with Crippen molar-refractivity contribution in [3.63, 3.8) is 0 Å². The highest BCUT2D eigenvalue weighted by molar-refractivity contribution is 14.1. The van der Waals surface area contributed by atoms with E-state index in [-0.39, 0.29) is 0 Å². The molecule has 0 bridgehead atoms. The maximum Gasteiger partial charge on any atom is 0.0584 e. The molecule has 0 aliphatic heterocycles. The Bertz CT molecular complexity index is 206. The number of halogens is 2. The molecule has 0 fully saturated rings. The summed E-state index contributed by atoms with van der Waals surface area (Å²) >= 11 is 5.21. The van der Waals surface area contributed by atoms with E-state index in [1.165, 1.54) is 19.3 Å². The van der Waals surface area contributed by atoms with Gasteiger partial charge in [0, 0.05) is 3.92 Å². The molecule has 0 nitrogen and oxygen atoms in total. The molecule has 1 rings (SSSR count). The fourth-order valence-corrected chi connectivity index (χ4v) is 3.79. The normalized spacial score (nSPS) is 31.8.